The minimum absolute atomic E-state index is 0.0599. The molecule has 3 heterocycles. The van der Waals surface area contributed by atoms with Crippen molar-refractivity contribution >= 4 is 28.4 Å². The smallest absolute Gasteiger partial charge is 0.261 e. The molecule has 1 N–H and O–H groups in total. The van der Waals surface area contributed by atoms with Crippen LogP contribution < -0.4 is 5.56 Å². The molecule has 1 atom stereocenters. The van der Waals surface area contributed by atoms with E-state index in [0.29, 0.717) is 55.1 Å². The van der Waals surface area contributed by atoms with Crippen LogP contribution in [-0.4, -0.2) is 57.4 Å². The van der Waals surface area contributed by atoms with Crippen molar-refractivity contribution in [3.05, 3.63) is 39.9 Å². The Morgan fingerprint density at radius 3 is 2.85 bits per heavy atom. The molecule has 0 saturated carbocycles. The minimum Gasteiger partial charge on any atom is -0.388 e. The number of amides is 1. The Balaban J connectivity index is 1.46. The van der Waals surface area contributed by atoms with Gasteiger partial charge in [0.1, 0.15) is 0 Å². The number of benzene rings is 1. The molecule has 7 nitrogen and oxygen atoms in total. The van der Waals surface area contributed by atoms with Crippen LogP contribution in [0.3, 0.4) is 0 Å². The van der Waals surface area contributed by atoms with Gasteiger partial charge >= 0.3 is 0 Å². The lowest BCUT2D eigenvalue weighted by Crippen LogP contribution is -2.51. The van der Waals surface area contributed by atoms with Gasteiger partial charge in [-0.3, -0.25) is 14.2 Å². The Hall–Kier alpha value is -1.96. The van der Waals surface area contributed by atoms with Crippen molar-refractivity contribution in [3.8, 4) is 0 Å². The predicted molar refractivity (Wildman–Crippen MR) is 101 cm³/mol. The topological polar surface area (TPSA) is 84.7 Å². The average molecular weight is 392 g/mol. The van der Waals surface area contributed by atoms with Gasteiger partial charge in [0.15, 0.2) is 0 Å². The first-order valence-electron chi connectivity index (χ1n) is 9.19. The molecule has 0 bridgehead atoms. The van der Waals surface area contributed by atoms with Crippen LogP contribution in [0.1, 0.15) is 19.3 Å². The number of aromatic nitrogens is 2. The molecule has 4 rings (SSSR count). The number of hydrogen-bond donors (Lipinski definition) is 1. The number of hydrogen-bond acceptors (Lipinski definition) is 5. The SMILES string of the molecule is O=C(C1CCOC1)N1CCC(O)(Cn2cnc3cc(Cl)ccc3c2=O)CC1. The standard InChI is InChI=1S/C19H22ClN3O4/c20-14-1-2-15-16(9-14)21-12-23(18(15)25)11-19(26)4-6-22(7-5-19)17(24)13-3-8-27-10-13/h1-2,9,12-13,26H,3-8,10-11H2. The van der Waals surface area contributed by atoms with Gasteiger partial charge in [-0.15, -0.1) is 0 Å². The van der Waals surface area contributed by atoms with E-state index < -0.39 is 5.60 Å². The van der Waals surface area contributed by atoms with Gasteiger partial charge in [0.2, 0.25) is 5.91 Å². The molecule has 2 fully saturated rings. The third kappa shape index (κ3) is 3.72. The lowest BCUT2D eigenvalue weighted by Gasteiger charge is -2.39. The zero-order chi connectivity index (χ0) is 19.0. The highest BCUT2D eigenvalue weighted by atomic mass is 35.5. The molecule has 1 unspecified atom stereocenters. The summed E-state index contributed by atoms with van der Waals surface area (Å²) in [5.74, 6) is 0.0475. The second-order valence-corrected chi connectivity index (χ2v) is 7.89. The molecule has 27 heavy (non-hydrogen) atoms. The highest BCUT2D eigenvalue weighted by molar-refractivity contribution is 6.31. The van der Waals surface area contributed by atoms with E-state index in [1.54, 1.807) is 23.1 Å². The maximum absolute atomic E-state index is 12.7. The van der Waals surface area contributed by atoms with E-state index in [0.717, 1.165) is 6.42 Å². The third-order valence-electron chi connectivity index (χ3n) is 5.54. The van der Waals surface area contributed by atoms with Crippen LogP contribution in [0.5, 0.6) is 0 Å². The van der Waals surface area contributed by atoms with Crippen molar-refractivity contribution < 1.29 is 14.6 Å². The lowest BCUT2D eigenvalue weighted by molar-refractivity contribution is -0.140. The summed E-state index contributed by atoms with van der Waals surface area (Å²) in [7, 11) is 0. The summed E-state index contributed by atoms with van der Waals surface area (Å²) < 4.78 is 6.74. The molecule has 2 aromatic rings. The largest absolute Gasteiger partial charge is 0.388 e. The number of fused-ring (bicyclic) bond motifs is 1. The summed E-state index contributed by atoms with van der Waals surface area (Å²) in [4.78, 5) is 31.3. The molecule has 2 saturated heterocycles. The van der Waals surface area contributed by atoms with Crippen LogP contribution >= 0.6 is 11.6 Å². The Morgan fingerprint density at radius 1 is 1.37 bits per heavy atom. The van der Waals surface area contributed by atoms with E-state index in [1.807, 2.05) is 0 Å². The van der Waals surface area contributed by atoms with E-state index >= 15 is 0 Å². The molecule has 1 aromatic heterocycles. The highest BCUT2D eigenvalue weighted by Gasteiger charge is 2.37. The maximum Gasteiger partial charge on any atom is 0.261 e. The van der Waals surface area contributed by atoms with E-state index in [4.69, 9.17) is 16.3 Å². The lowest BCUT2D eigenvalue weighted by atomic mass is 9.90. The van der Waals surface area contributed by atoms with E-state index in [1.165, 1.54) is 10.9 Å². The maximum atomic E-state index is 12.7. The fraction of sp³-hybridized carbons (Fsp3) is 0.526. The molecule has 1 aromatic carbocycles. The summed E-state index contributed by atoms with van der Waals surface area (Å²) in [6.45, 7) is 2.25. The first-order chi connectivity index (χ1) is 13.0. The predicted octanol–water partition coefficient (Wildman–Crippen LogP) is 1.44. The Kier molecular flexibility index (Phi) is 4.92. The fourth-order valence-electron chi connectivity index (χ4n) is 3.85. The van der Waals surface area contributed by atoms with Crippen molar-refractivity contribution in [1.82, 2.24) is 14.5 Å². The van der Waals surface area contributed by atoms with E-state index in [9.17, 15) is 14.7 Å². The van der Waals surface area contributed by atoms with Gasteiger partial charge in [0, 0.05) is 24.7 Å². The van der Waals surface area contributed by atoms with Gasteiger partial charge < -0.3 is 14.7 Å². The van der Waals surface area contributed by atoms with Gasteiger partial charge in [-0.25, -0.2) is 4.98 Å². The number of carbonyl (C=O) groups is 1. The Bertz CT molecular complexity index is 915. The van der Waals surface area contributed by atoms with Gasteiger partial charge in [0.25, 0.3) is 5.56 Å². The summed E-state index contributed by atoms with van der Waals surface area (Å²) >= 11 is 5.95. The molecule has 2 aliphatic heterocycles. The molecule has 2 aliphatic rings. The summed E-state index contributed by atoms with van der Waals surface area (Å²) in [5.41, 5.74) is -0.698. The van der Waals surface area contributed by atoms with Crippen LogP contribution in [0.2, 0.25) is 5.02 Å². The van der Waals surface area contributed by atoms with Crippen molar-refractivity contribution in [1.29, 1.82) is 0 Å². The van der Waals surface area contributed by atoms with Crippen molar-refractivity contribution in [2.45, 2.75) is 31.4 Å². The molecule has 0 spiro atoms. The van der Waals surface area contributed by atoms with Gasteiger partial charge in [-0.1, -0.05) is 11.6 Å². The van der Waals surface area contributed by atoms with Crippen LogP contribution in [-0.2, 0) is 16.1 Å². The van der Waals surface area contributed by atoms with Gasteiger partial charge in [-0.05, 0) is 37.5 Å². The van der Waals surface area contributed by atoms with Crippen LogP contribution in [0, 0.1) is 5.92 Å². The van der Waals surface area contributed by atoms with Crippen molar-refractivity contribution in [3.63, 3.8) is 0 Å². The first-order valence-corrected chi connectivity index (χ1v) is 9.57. The Labute approximate surface area is 161 Å². The van der Waals surface area contributed by atoms with Crippen LogP contribution in [0.4, 0.5) is 0 Å². The number of nitrogens with zero attached hydrogens (tertiary/aromatic N) is 3. The number of halogens is 1. The van der Waals surface area contributed by atoms with Crippen LogP contribution in [0.25, 0.3) is 10.9 Å². The first kappa shape index (κ1) is 18.4. The summed E-state index contributed by atoms with van der Waals surface area (Å²) in [6, 6.07) is 4.95. The zero-order valence-electron chi connectivity index (χ0n) is 14.9. The quantitative estimate of drug-likeness (QED) is 0.855. The normalized spacial score (nSPS) is 22.3. The third-order valence-corrected chi connectivity index (χ3v) is 5.77. The van der Waals surface area contributed by atoms with Crippen LogP contribution in [0.15, 0.2) is 29.3 Å². The molecule has 0 radical (unpaired) electrons. The number of piperidine rings is 1. The van der Waals surface area contributed by atoms with Crippen molar-refractivity contribution in [2.75, 3.05) is 26.3 Å². The van der Waals surface area contributed by atoms with Gasteiger partial charge in [0.05, 0.1) is 41.9 Å². The second kappa shape index (κ2) is 7.22. The molecular formula is C19H22ClN3O4. The highest BCUT2D eigenvalue weighted by Crippen LogP contribution is 2.26. The molecule has 144 valence electrons. The molecule has 1 amide bonds. The molecule has 8 heteroatoms. The average Bonchev–Trinajstić information content (AvgIpc) is 3.19. The van der Waals surface area contributed by atoms with E-state index in [2.05, 4.69) is 4.98 Å². The molecular weight excluding hydrogens is 370 g/mol. The zero-order valence-corrected chi connectivity index (χ0v) is 15.7. The van der Waals surface area contributed by atoms with Gasteiger partial charge in [-0.2, -0.15) is 0 Å². The summed E-state index contributed by atoms with van der Waals surface area (Å²) in [5, 5.41) is 12.0. The minimum atomic E-state index is -1.03. The monoisotopic (exact) mass is 391 g/mol. The fourth-order valence-corrected chi connectivity index (χ4v) is 4.02. The van der Waals surface area contributed by atoms with Crippen molar-refractivity contribution in [2.24, 2.45) is 5.92 Å². The molecule has 0 aliphatic carbocycles. The number of rotatable bonds is 3. The summed E-state index contributed by atoms with van der Waals surface area (Å²) in [6.07, 6.45) is 3.07. The Morgan fingerprint density at radius 2 is 2.15 bits per heavy atom. The number of likely N-dealkylation sites (tertiary alicyclic amines) is 1. The number of ether oxygens (including phenoxy) is 1. The number of aliphatic hydroxyl groups is 1. The number of carbonyl (C=O) groups excluding carboxylic acids is 1. The second-order valence-electron chi connectivity index (χ2n) is 7.45. The van der Waals surface area contributed by atoms with E-state index in [-0.39, 0.29) is 23.9 Å².